The van der Waals surface area contributed by atoms with Gasteiger partial charge in [-0.2, -0.15) is 0 Å². The number of thioether (sulfide) groups is 1. The molecule has 1 saturated heterocycles. The monoisotopic (exact) mass is 220 g/mol. The minimum Gasteiger partial charge on any atom is -0.347 e. The molecule has 1 aliphatic rings. The van der Waals surface area contributed by atoms with Crippen LogP contribution in [0.1, 0.15) is 5.56 Å². The molecular formula is C12H16N2S. The van der Waals surface area contributed by atoms with Gasteiger partial charge in [-0.25, -0.2) is 0 Å². The van der Waals surface area contributed by atoms with Gasteiger partial charge in [0.05, 0.1) is 0 Å². The summed E-state index contributed by atoms with van der Waals surface area (Å²) < 4.78 is 0. The van der Waals surface area contributed by atoms with Gasteiger partial charge >= 0.3 is 0 Å². The molecule has 0 aromatic heterocycles. The van der Waals surface area contributed by atoms with Gasteiger partial charge in [-0.05, 0) is 24.1 Å². The molecule has 3 heteroatoms. The molecule has 0 aliphatic carbocycles. The first kappa shape index (κ1) is 10.6. The van der Waals surface area contributed by atoms with Gasteiger partial charge in [0.15, 0.2) is 0 Å². The summed E-state index contributed by atoms with van der Waals surface area (Å²) in [6.07, 6.45) is 2.85. The van der Waals surface area contributed by atoms with Crippen LogP contribution < -0.4 is 10.6 Å². The van der Waals surface area contributed by atoms with Gasteiger partial charge in [0.1, 0.15) is 5.50 Å². The third-order valence-electron chi connectivity index (χ3n) is 2.58. The molecule has 1 fully saturated rings. The molecule has 2 N–H and O–H groups in total. The van der Waals surface area contributed by atoms with E-state index in [-0.39, 0.29) is 5.50 Å². The maximum atomic E-state index is 5.98. The van der Waals surface area contributed by atoms with Gasteiger partial charge < -0.3 is 10.6 Å². The quantitative estimate of drug-likeness (QED) is 0.792. The number of allylic oxidation sites excluding steroid dienone is 1. The Labute approximate surface area is 95.1 Å². The third kappa shape index (κ3) is 2.36. The van der Waals surface area contributed by atoms with Crippen LogP contribution in [0.3, 0.4) is 0 Å². The standard InChI is InChI=1S/C12H16N2S/c1-2-3-10-4-6-11(7-5-10)14-8-9-15-12(14)13/h2,4-7,12H,1,3,8-9,13H2. The Kier molecular flexibility index (Phi) is 3.34. The van der Waals surface area contributed by atoms with Crippen molar-refractivity contribution in [1.29, 1.82) is 0 Å². The predicted octanol–water partition coefficient (Wildman–Crippen LogP) is 2.21. The summed E-state index contributed by atoms with van der Waals surface area (Å²) in [7, 11) is 0. The van der Waals surface area contributed by atoms with E-state index in [1.165, 1.54) is 11.3 Å². The first-order chi connectivity index (χ1) is 7.31. The molecular weight excluding hydrogens is 204 g/mol. The van der Waals surface area contributed by atoms with Crippen molar-refractivity contribution in [2.75, 3.05) is 17.2 Å². The van der Waals surface area contributed by atoms with Crippen molar-refractivity contribution in [2.45, 2.75) is 11.9 Å². The summed E-state index contributed by atoms with van der Waals surface area (Å²) in [6.45, 7) is 4.78. The van der Waals surface area contributed by atoms with E-state index < -0.39 is 0 Å². The molecule has 1 aromatic carbocycles. The Morgan fingerprint density at radius 3 is 2.73 bits per heavy atom. The Morgan fingerprint density at radius 1 is 1.47 bits per heavy atom. The Balaban J connectivity index is 2.12. The first-order valence-corrected chi connectivity index (χ1v) is 6.20. The Morgan fingerprint density at radius 2 is 2.20 bits per heavy atom. The lowest BCUT2D eigenvalue weighted by atomic mass is 10.1. The van der Waals surface area contributed by atoms with Gasteiger partial charge in [-0.15, -0.1) is 18.3 Å². The molecule has 0 saturated carbocycles. The smallest absolute Gasteiger partial charge is 0.125 e. The molecule has 80 valence electrons. The van der Waals surface area contributed by atoms with Crippen molar-refractivity contribution in [3.05, 3.63) is 42.5 Å². The van der Waals surface area contributed by atoms with Crippen molar-refractivity contribution >= 4 is 17.4 Å². The Bertz CT molecular complexity index is 334. The number of nitrogens with two attached hydrogens (primary N) is 1. The SMILES string of the molecule is C=CCc1ccc(N2CCSC2N)cc1. The molecule has 0 radical (unpaired) electrons. The van der Waals surface area contributed by atoms with E-state index in [0.29, 0.717) is 0 Å². The number of rotatable bonds is 3. The van der Waals surface area contributed by atoms with E-state index in [1.807, 2.05) is 6.08 Å². The van der Waals surface area contributed by atoms with Crippen LogP contribution in [0, 0.1) is 0 Å². The molecule has 15 heavy (non-hydrogen) atoms. The van der Waals surface area contributed by atoms with Crippen LogP contribution in [-0.2, 0) is 6.42 Å². The normalized spacial score (nSPS) is 20.6. The number of hydrogen-bond donors (Lipinski definition) is 1. The molecule has 0 spiro atoms. The van der Waals surface area contributed by atoms with Crippen LogP contribution in [0.5, 0.6) is 0 Å². The van der Waals surface area contributed by atoms with Crippen molar-refractivity contribution in [3.8, 4) is 0 Å². The van der Waals surface area contributed by atoms with Crippen LogP contribution in [0.2, 0.25) is 0 Å². The number of benzene rings is 1. The minimum absolute atomic E-state index is 0.121. The van der Waals surface area contributed by atoms with Gasteiger partial charge in [0, 0.05) is 18.0 Å². The van der Waals surface area contributed by atoms with E-state index in [2.05, 4.69) is 35.7 Å². The maximum absolute atomic E-state index is 5.98. The second-order valence-electron chi connectivity index (χ2n) is 3.61. The lowest BCUT2D eigenvalue weighted by Crippen LogP contribution is -2.34. The number of hydrogen-bond acceptors (Lipinski definition) is 3. The minimum atomic E-state index is 0.121. The first-order valence-electron chi connectivity index (χ1n) is 5.15. The van der Waals surface area contributed by atoms with Crippen LogP contribution >= 0.6 is 11.8 Å². The average Bonchev–Trinajstić information content (AvgIpc) is 2.66. The summed E-state index contributed by atoms with van der Waals surface area (Å²) in [4.78, 5) is 2.24. The molecule has 0 amide bonds. The van der Waals surface area contributed by atoms with Gasteiger partial charge in [0.2, 0.25) is 0 Å². The Hall–Kier alpha value is -0.930. The molecule has 0 bridgehead atoms. The molecule has 1 aliphatic heterocycles. The second kappa shape index (κ2) is 4.73. The third-order valence-corrected chi connectivity index (χ3v) is 3.59. The topological polar surface area (TPSA) is 29.3 Å². The zero-order valence-corrected chi connectivity index (χ0v) is 9.54. The fourth-order valence-corrected chi connectivity index (χ4v) is 2.71. The second-order valence-corrected chi connectivity index (χ2v) is 4.84. The lowest BCUT2D eigenvalue weighted by Gasteiger charge is -2.22. The summed E-state index contributed by atoms with van der Waals surface area (Å²) >= 11 is 1.80. The van der Waals surface area contributed by atoms with Crippen LogP contribution in [0.4, 0.5) is 5.69 Å². The van der Waals surface area contributed by atoms with Crippen molar-refractivity contribution in [2.24, 2.45) is 5.73 Å². The summed E-state index contributed by atoms with van der Waals surface area (Å²) in [6, 6.07) is 8.58. The molecule has 2 nitrogen and oxygen atoms in total. The van der Waals surface area contributed by atoms with E-state index in [1.54, 1.807) is 11.8 Å². The number of nitrogens with zero attached hydrogens (tertiary/aromatic N) is 1. The van der Waals surface area contributed by atoms with Crippen LogP contribution in [-0.4, -0.2) is 17.8 Å². The fourth-order valence-electron chi connectivity index (χ4n) is 1.76. The van der Waals surface area contributed by atoms with E-state index in [0.717, 1.165) is 18.7 Å². The van der Waals surface area contributed by atoms with Crippen LogP contribution in [0.15, 0.2) is 36.9 Å². The molecule has 2 rings (SSSR count). The lowest BCUT2D eigenvalue weighted by molar-refractivity contribution is 0.838. The van der Waals surface area contributed by atoms with Crippen molar-refractivity contribution in [3.63, 3.8) is 0 Å². The zero-order chi connectivity index (χ0) is 10.7. The summed E-state index contributed by atoms with van der Waals surface area (Å²) in [5.41, 5.74) is 8.62. The molecule has 1 heterocycles. The van der Waals surface area contributed by atoms with Crippen LogP contribution in [0.25, 0.3) is 0 Å². The van der Waals surface area contributed by atoms with E-state index in [4.69, 9.17) is 5.73 Å². The predicted molar refractivity (Wildman–Crippen MR) is 68.1 cm³/mol. The molecule has 1 atom stereocenters. The average molecular weight is 220 g/mol. The van der Waals surface area contributed by atoms with E-state index >= 15 is 0 Å². The van der Waals surface area contributed by atoms with Crippen molar-refractivity contribution < 1.29 is 0 Å². The fraction of sp³-hybridized carbons (Fsp3) is 0.333. The van der Waals surface area contributed by atoms with Crippen molar-refractivity contribution in [1.82, 2.24) is 0 Å². The summed E-state index contributed by atoms with van der Waals surface area (Å²) in [5, 5.41) is 0. The van der Waals surface area contributed by atoms with E-state index in [9.17, 15) is 0 Å². The highest BCUT2D eigenvalue weighted by molar-refractivity contribution is 8.00. The largest absolute Gasteiger partial charge is 0.347 e. The van der Waals surface area contributed by atoms with Gasteiger partial charge in [-0.1, -0.05) is 18.2 Å². The van der Waals surface area contributed by atoms with Gasteiger partial charge in [-0.3, -0.25) is 0 Å². The highest BCUT2D eigenvalue weighted by Gasteiger charge is 2.21. The number of anilines is 1. The highest BCUT2D eigenvalue weighted by atomic mass is 32.2. The maximum Gasteiger partial charge on any atom is 0.125 e. The van der Waals surface area contributed by atoms with Gasteiger partial charge in [0.25, 0.3) is 0 Å². The summed E-state index contributed by atoms with van der Waals surface area (Å²) in [5.74, 6) is 1.12. The molecule has 1 aromatic rings. The molecule has 1 unspecified atom stereocenters. The highest BCUT2D eigenvalue weighted by Crippen LogP contribution is 2.26. The zero-order valence-electron chi connectivity index (χ0n) is 8.73.